The molecule has 2 aromatic carbocycles. The summed E-state index contributed by atoms with van der Waals surface area (Å²) < 4.78 is 0. The Morgan fingerprint density at radius 3 is 2.17 bits per heavy atom. The van der Waals surface area contributed by atoms with Gasteiger partial charge in [0.2, 0.25) is 5.91 Å². The fourth-order valence-corrected chi connectivity index (χ4v) is 4.19. The van der Waals surface area contributed by atoms with E-state index in [0.717, 1.165) is 22.4 Å². The van der Waals surface area contributed by atoms with E-state index in [1.165, 1.54) is 5.56 Å². The van der Waals surface area contributed by atoms with Gasteiger partial charge in [-0.05, 0) is 40.5 Å². The second kappa shape index (κ2) is 10.2. The van der Waals surface area contributed by atoms with Crippen molar-refractivity contribution in [2.75, 3.05) is 0 Å². The molecule has 5 nitrogen and oxygen atoms in total. The molecule has 0 radical (unpaired) electrons. The van der Waals surface area contributed by atoms with Gasteiger partial charge in [-0.25, -0.2) is 4.79 Å². The van der Waals surface area contributed by atoms with Crippen molar-refractivity contribution in [3.8, 4) is 0 Å². The van der Waals surface area contributed by atoms with Gasteiger partial charge in [-0.1, -0.05) is 74.5 Å². The van der Waals surface area contributed by atoms with Crippen LogP contribution in [0.15, 0.2) is 72.1 Å². The van der Waals surface area contributed by atoms with Crippen LogP contribution >= 0.6 is 11.3 Å². The number of urea groups is 1. The summed E-state index contributed by atoms with van der Waals surface area (Å²) in [4.78, 5) is 25.2. The molecular formula is C24H27N3O2S. The number of imide groups is 1. The summed E-state index contributed by atoms with van der Waals surface area (Å²) in [6, 6.07) is 20.0. The Morgan fingerprint density at radius 1 is 0.933 bits per heavy atom. The number of nitrogens with one attached hydrogen (secondary N) is 2. The lowest BCUT2D eigenvalue weighted by Crippen LogP contribution is -2.44. The van der Waals surface area contributed by atoms with Gasteiger partial charge in [0.15, 0.2) is 0 Å². The van der Waals surface area contributed by atoms with Crippen LogP contribution in [0, 0.1) is 0 Å². The number of rotatable bonds is 8. The maximum Gasteiger partial charge on any atom is 0.318 e. The zero-order chi connectivity index (χ0) is 21.5. The lowest BCUT2D eigenvalue weighted by atomic mass is 9.95. The molecule has 0 saturated carbocycles. The van der Waals surface area contributed by atoms with Crippen molar-refractivity contribution in [1.82, 2.24) is 10.6 Å². The Morgan fingerprint density at radius 2 is 1.60 bits per heavy atom. The lowest BCUT2D eigenvalue weighted by molar-refractivity contribution is -0.122. The highest BCUT2D eigenvalue weighted by molar-refractivity contribution is 7.10. The van der Waals surface area contributed by atoms with Gasteiger partial charge in [0, 0.05) is 4.88 Å². The average Bonchev–Trinajstić information content (AvgIpc) is 3.28. The number of hydrogen-bond donors (Lipinski definition) is 3. The zero-order valence-corrected chi connectivity index (χ0v) is 18.0. The fraction of sp³-hybridized carbons (Fsp3) is 0.250. The molecule has 3 amide bonds. The highest BCUT2D eigenvalue weighted by Gasteiger charge is 2.27. The quantitative estimate of drug-likeness (QED) is 0.485. The number of primary amides is 1. The molecule has 0 saturated heterocycles. The van der Waals surface area contributed by atoms with E-state index in [4.69, 9.17) is 5.73 Å². The molecule has 0 aliphatic heterocycles. The van der Waals surface area contributed by atoms with Crippen LogP contribution in [0.3, 0.4) is 0 Å². The largest absolute Gasteiger partial charge is 0.351 e. The van der Waals surface area contributed by atoms with E-state index >= 15 is 0 Å². The molecule has 6 heteroatoms. The monoisotopic (exact) mass is 421 g/mol. The van der Waals surface area contributed by atoms with Crippen LogP contribution in [0.4, 0.5) is 4.79 Å². The molecule has 0 aliphatic carbocycles. The van der Waals surface area contributed by atoms with Crippen molar-refractivity contribution in [1.29, 1.82) is 0 Å². The van der Waals surface area contributed by atoms with Gasteiger partial charge in [0.05, 0.1) is 6.04 Å². The van der Waals surface area contributed by atoms with E-state index in [1.807, 2.05) is 47.8 Å². The minimum atomic E-state index is -0.867. The van der Waals surface area contributed by atoms with Crippen LogP contribution in [0.1, 0.15) is 59.8 Å². The third kappa shape index (κ3) is 5.34. The number of nitrogens with two attached hydrogens (primary N) is 1. The van der Waals surface area contributed by atoms with Gasteiger partial charge in [-0.3, -0.25) is 15.4 Å². The molecule has 0 aliphatic rings. The first kappa shape index (κ1) is 21.7. The summed E-state index contributed by atoms with van der Waals surface area (Å²) in [5.41, 5.74) is 8.31. The molecule has 30 heavy (non-hydrogen) atoms. The van der Waals surface area contributed by atoms with Gasteiger partial charge in [0.25, 0.3) is 0 Å². The predicted molar refractivity (Wildman–Crippen MR) is 121 cm³/mol. The van der Waals surface area contributed by atoms with Gasteiger partial charge in [0.1, 0.15) is 6.04 Å². The zero-order valence-electron chi connectivity index (χ0n) is 17.2. The molecule has 1 heterocycles. The molecule has 4 N–H and O–H groups in total. The maximum absolute atomic E-state index is 12.8. The Hall–Kier alpha value is -2.96. The van der Waals surface area contributed by atoms with Crippen LogP contribution in [0.5, 0.6) is 0 Å². The van der Waals surface area contributed by atoms with E-state index < -0.39 is 18.0 Å². The summed E-state index contributed by atoms with van der Waals surface area (Å²) in [6.45, 7) is 4.39. The van der Waals surface area contributed by atoms with Gasteiger partial charge in [-0.15, -0.1) is 11.3 Å². The van der Waals surface area contributed by atoms with Gasteiger partial charge < -0.3 is 5.73 Å². The molecule has 1 aromatic heterocycles. The number of hydrogen-bond acceptors (Lipinski definition) is 4. The molecule has 3 atom stereocenters. The third-order valence-electron chi connectivity index (χ3n) is 5.25. The number of carbonyl (C=O) groups excluding carboxylic acids is 2. The minimum absolute atomic E-state index is 0.209. The molecule has 0 spiro atoms. The maximum atomic E-state index is 12.8. The van der Waals surface area contributed by atoms with Crippen molar-refractivity contribution in [3.05, 3.63) is 93.7 Å². The highest BCUT2D eigenvalue weighted by Crippen LogP contribution is 2.30. The van der Waals surface area contributed by atoms with Crippen molar-refractivity contribution >= 4 is 23.3 Å². The summed E-state index contributed by atoms with van der Waals surface area (Å²) in [6.07, 6.45) is 1.08. The van der Waals surface area contributed by atoms with Crippen LogP contribution in [0.25, 0.3) is 0 Å². The van der Waals surface area contributed by atoms with Crippen molar-refractivity contribution in [3.63, 3.8) is 0 Å². The summed E-state index contributed by atoms with van der Waals surface area (Å²) >= 11 is 1.62. The van der Waals surface area contributed by atoms with Gasteiger partial charge >= 0.3 is 6.03 Å². The topological polar surface area (TPSA) is 84.2 Å². The Bertz CT molecular complexity index is 956. The number of amides is 3. The second-order valence-electron chi connectivity index (χ2n) is 7.29. The van der Waals surface area contributed by atoms with Crippen LogP contribution in [-0.2, 0) is 4.79 Å². The van der Waals surface area contributed by atoms with Crippen molar-refractivity contribution in [2.45, 2.75) is 38.3 Å². The van der Waals surface area contributed by atoms with E-state index in [-0.39, 0.29) is 6.04 Å². The molecule has 3 rings (SSSR count). The Balaban J connectivity index is 1.96. The predicted octanol–water partition coefficient (Wildman–Crippen LogP) is 4.88. The average molecular weight is 422 g/mol. The van der Waals surface area contributed by atoms with E-state index in [9.17, 15) is 9.59 Å². The van der Waals surface area contributed by atoms with Crippen LogP contribution in [0.2, 0.25) is 0 Å². The molecule has 0 unspecified atom stereocenters. The summed E-state index contributed by atoms with van der Waals surface area (Å²) in [5.74, 6) is 0.0112. The highest BCUT2D eigenvalue weighted by atomic mass is 32.1. The summed E-state index contributed by atoms with van der Waals surface area (Å²) in [5, 5.41) is 7.68. The molecule has 0 bridgehead atoms. The van der Waals surface area contributed by atoms with E-state index in [1.54, 1.807) is 11.3 Å². The standard InChI is InChI=1S/C24H27N3O2S/c1-3-16(2)17-11-13-19(14-12-17)21(20-10-7-15-30-20)26-22(23(28)27-24(25)29)18-8-5-4-6-9-18/h4-16,21-22,26H,3H2,1-2H3,(H3,25,27,28,29)/t16-,21-,22-/m0/s1. The summed E-state index contributed by atoms with van der Waals surface area (Å²) in [7, 11) is 0. The van der Waals surface area contributed by atoms with E-state index in [2.05, 4.69) is 48.7 Å². The van der Waals surface area contributed by atoms with Crippen molar-refractivity contribution in [2.24, 2.45) is 5.73 Å². The first-order valence-electron chi connectivity index (χ1n) is 10.0. The SMILES string of the molecule is CC[C@H](C)c1ccc([C@H](N[C@H](C(=O)NC(N)=O)c2ccccc2)c2cccs2)cc1. The molecule has 156 valence electrons. The normalized spacial score (nSPS) is 13.9. The van der Waals surface area contributed by atoms with Crippen molar-refractivity contribution < 1.29 is 9.59 Å². The third-order valence-corrected chi connectivity index (χ3v) is 6.19. The first-order chi connectivity index (χ1) is 14.5. The second-order valence-corrected chi connectivity index (χ2v) is 8.27. The molecular weight excluding hydrogens is 394 g/mol. The smallest absolute Gasteiger partial charge is 0.318 e. The van der Waals surface area contributed by atoms with Crippen LogP contribution in [-0.4, -0.2) is 11.9 Å². The minimum Gasteiger partial charge on any atom is -0.351 e. The molecule has 0 fully saturated rings. The first-order valence-corrected chi connectivity index (χ1v) is 10.9. The Kier molecular flexibility index (Phi) is 7.38. The fourth-order valence-electron chi connectivity index (χ4n) is 3.38. The number of carbonyl (C=O) groups is 2. The molecule has 3 aromatic rings. The number of thiophene rings is 1. The van der Waals surface area contributed by atoms with Gasteiger partial charge in [-0.2, -0.15) is 0 Å². The van der Waals surface area contributed by atoms with Crippen LogP contribution < -0.4 is 16.4 Å². The lowest BCUT2D eigenvalue weighted by Gasteiger charge is -2.25. The number of benzene rings is 2. The van der Waals surface area contributed by atoms with E-state index in [0.29, 0.717) is 5.92 Å². The Labute approximate surface area is 181 Å².